The molecule has 3 rings (SSSR count). The average Bonchev–Trinajstić information content (AvgIpc) is 2.55. The highest BCUT2D eigenvalue weighted by molar-refractivity contribution is 5.22. The lowest BCUT2D eigenvalue weighted by molar-refractivity contribution is 0.000519. The van der Waals surface area contributed by atoms with E-state index in [1.807, 2.05) is 5.92 Å². The second-order valence-electron chi connectivity index (χ2n) is 7.18. The maximum Gasteiger partial charge on any atom is 0.106 e. The standard InChI is InChI=1S/C15H25/c1-10-5-6-13-12(10)9-11-7-8-15(13,4)14(11,2)3/h10-11,13H,5-9H2,1-4H3/q+1/t10-,11+,13+,15-/m0/s1. The van der Waals surface area contributed by atoms with E-state index < -0.39 is 0 Å². The van der Waals surface area contributed by atoms with Gasteiger partial charge in [-0.05, 0) is 38.0 Å². The van der Waals surface area contributed by atoms with Gasteiger partial charge in [0.2, 0.25) is 0 Å². The zero-order valence-electron chi connectivity index (χ0n) is 10.8. The predicted molar refractivity (Wildman–Crippen MR) is 64.4 cm³/mol. The van der Waals surface area contributed by atoms with Gasteiger partial charge in [-0.15, -0.1) is 0 Å². The minimum absolute atomic E-state index is 0.602. The Morgan fingerprint density at radius 1 is 1.07 bits per heavy atom. The first-order chi connectivity index (χ1) is 6.97. The fraction of sp³-hybridized carbons (Fsp3) is 0.933. The van der Waals surface area contributed by atoms with Gasteiger partial charge in [0.1, 0.15) is 5.92 Å². The van der Waals surface area contributed by atoms with Gasteiger partial charge in [0.15, 0.2) is 0 Å². The van der Waals surface area contributed by atoms with E-state index in [1.54, 1.807) is 0 Å². The molecule has 15 heavy (non-hydrogen) atoms. The fourth-order valence-electron chi connectivity index (χ4n) is 5.09. The maximum absolute atomic E-state index is 2.59. The molecule has 3 aliphatic carbocycles. The first kappa shape index (κ1) is 10.1. The highest BCUT2D eigenvalue weighted by Crippen LogP contribution is 2.70. The molecule has 0 saturated heterocycles. The molecular weight excluding hydrogens is 180 g/mol. The minimum atomic E-state index is 0.602. The van der Waals surface area contributed by atoms with Gasteiger partial charge in [0, 0.05) is 11.3 Å². The molecule has 0 aliphatic heterocycles. The molecule has 84 valence electrons. The van der Waals surface area contributed by atoms with Crippen LogP contribution in [0, 0.1) is 34.5 Å². The van der Waals surface area contributed by atoms with Crippen molar-refractivity contribution >= 4 is 0 Å². The number of fused-ring (bicyclic) bond motifs is 4. The summed E-state index contributed by atoms with van der Waals surface area (Å²) in [6.45, 7) is 10.2. The van der Waals surface area contributed by atoms with E-state index in [-0.39, 0.29) is 0 Å². The van der Waals surface area contributed by atoms with Crippen LogP contribution in [0.4, 0.5) is 0 Å². The first-order valence-electron chi connectivity index (χ1n) is 6.82. The van der Waals surface area contributed by atoms with Gasteiger partial charge in [-0.3, -0.25) is 0 Å². The molecule has 0 amide bonds. The fourth-order valence-corrected chi connectivity index (χ4v) is 5.09. The number of hydrogen-bond acceptors (Lipinski definition) is 0. The van der Waals surface area contributed by atoms with Crippen molar-refractivity contribution in [3.63, 3.8) is 0 Å². The van der Waals surface area contributed by atoms with Crippen LogP contribution in [0.25, 0.3) is 0 Å². The Bertz CT molecular complexity index is 278. The van der Waals surface area contributed by atoms with Crippen molar-refractivity contribution in [2.45, 2.75) is 59.8 Å². The van der Waals surface area contributed by atoms with Crippen LogP contribution in [0.2, 0.25) is 0 Å². The van der Waals surface area contributed by atoms with E-state index in [9.17, 15) is 0 Å². The lowest BCUT2D eigenvalue weighted by Crippen LogP contribution is -2.46. The number of rotatable bonds is 0. The van der Waals surface area contributed by atoms with Crippen molar-refractivity contribution in [3.8, 4) is 0 Å². The third-order valence-corrected chi connectivity index (χ3v) is 6.72. The summed E-state index contributed by atoms with van der Waals surface area (Å²) in [7, 11) is 0. The summed E-state index contributed by atoms with van der Waals surface area (Å²) in [5.74, 6) is 4.86. The van der Waals surface area contributed by atoms with Crippen molar-refractivity contribution < 1.29 is 0 Å². The molecule has 0 N–H and O–H groups in total. The summed E-state index contributed by atoms with van der Waals surface area (Å²) in [6.07, 6.45) is 7.41. The molecular formula is C15H25+. The molecule has 0 aromatic heterocycles. The van der Waals surface area contributed by atoms with E-state index in [0.717, 1.165) is 17.8 Å². The van der Waals surface area contributed by atoms with Crippen LogP contribution in [0.15, 0.2) is 0 Å². The Morgan fingerprint density at radius 2 is 1.80 bits per heavy atom. The summed E-state index contributed by atoms with van der Waals surface area (Å²) in [5.41, 5.74) is 1.24. The van der Waals surface area contributed by atoms with E-state index in [0.29, 0.717) is 10.8 Å². The highest BCUT2D eigenvalue weighted by Gasteiger charge is 2.68. The lowest BCUT2D eigenvalue weighted by atomic mass is 9.51. The second kappa shape index (κ2) is 2.76. The predicted octanol–water partition coefficient (Wildman–Crippen LogP) is 4.45. The molecule has 0 spiro atoms. The van der Waals surface area contributed by atoms with Gasteiger partial charge in [0.25, 0.3) is 0 Å². The Hall–Kier alpha value is -0.130. The van der Waals surface area contributed by atoms with E-state index in [4.69, 9.17) is 0 Å². The molecule has 0 aromatic carbocycles. The molecule has 3 aliphatic rings. The third kappa shape index (κ3) is 1.02. The molecule has 4 atom stereocenters. The van der Waals surface area contributed by atoms with Crippen LogP contribution >= 0.6 is 0 Å². The van der Waals surface area contributed by atoms with Gasteiger partial charge in [0.05, 0.1) is 18.3 Å². The highest BCUT2D eigenvalue weighted by atomic mass is 14.7. The Balaban J connectivity index is 2.01. The van der Waals surface area contributed by atoms with Gasteiger partial charge >= 0.3 is 0 Å². The van der Waals surface area contributed by atoms with Crippen LogP contribution in [-0.4, -0.2) is 0 Å². The van der Waals surface area contributed by atoms with Crippen molar-refractivity contribution in [3.05, 3.63) is 5.92 Å². The largest absolute Gasteiger partial charge is 0.106 e. The Kier molecular flexibility index (Phi) is 1.85. The molecule has 0 nitrogen and oxygen atoms in total. The molecule has 2 bridgehead atoms. The zero-order valence-corrected chi connectivity index (χ0v) is 10.8. The smallest absolute Gasteiger partial charge is 0.0588 e. The van der Waals surface area contributed by atoms with E-state index in [2.05, 4.69) is 27.7 Å². The first-order valence-corrected chi connectivity index (χ1v) is 6.82. The molecule has 0 aromatic rings. The Morgan fingerprint density at radius 3 is 2.53 bits per heavy atom. The molecule has 3 fully saturated rings. The van der Waals surface area contributed by atoms with Crippen molar-refractivity contribution in [1.82, 2.24) is 0 Å². The van der Waals surface area contributed by atoms with Gasteiger partial charge < -0.3 is 0 Å². The SMILES string of the molecule is C[C@H]1CC[C@@H]2[C+]1C[C@H]1CC[C@]2(C)C1(C)C. The average molecular weight is 205 g/mol. The van der Waals surface area contributed by atoms with Crippen LogP contribution in [0.3, 0.4) is 0 Å². The summed E-state index contributed by atoms with van der Waals surface area (Å²) in [6, 6.07) is 0. The van der Waals surface area contributed by atoms with Gasteiger partial charge in [-0.1, -0.05) is 20.8 Å². The van der Waals surface area contributed by atoms with Crippen molar-refractivity contribution in [1.29, 1.82) is 0 Å². The quantitative estimate of drug-likeness (QED) is 0.512. The van der Waals surface area contributed by atoms with Gasteiger partial charge in [-0.2, -0.15) is 0 Å². The molecule has 0 heteroatoms. The monoisotopic (exact) mass is 205 g/mol. The van der Waals surface area contributed by atoms with E-state index >= 15 is 0 Å². The van der Waals surface area contributed by atoms with Crippen LogP contribution in [-0.2, 0) is 0 Å². The molecule has 0 unspecified atom stereocenters. The lowest BCUT2D eigenvalue weighted by Gasteiger charge is -2.48. The molecule has 0 radical (unpaired) electrons. The minimum Gasteiger partial charge on any atom is -0.0588 e. The zero-order chi connectivity index (χ0) is 10.8. The summed E-state index contributed by atoms with van der Waals surface area (Å²) in [5, 5.41) is 0. The normalized spacial score (nSPS) is 52.0. The van der Waals surface area contributed by atoms with Crippen molar-refractivity contribution in [2.75, 3.05) is 0 Å². The van der Waals surface area contributed by atoms with Crippen LogP contribution < -0.4 is 0 Å². The van der Waals surface area contributed by atoms with E-state index in [1.165, 1.54) is 32.1 Å². The third-order valence-electron chi connectivity index (χ3n) is 6.72. The second-order valence-corrected chi connectivity index (χ2v) is 7.18. The van der Waals surface area contributed by atoms with Crippen molar-refractivity contribution in [2.24, 2.45) is 28.6 Å². The maximum atomic E-state index is 2.59. The van der Waals surface area contributed by atoms with Crippen LogP contribution in [0.1, 0.15) is 59.8 Å². The molecule has 0 heterocycles. The summed E-state index contributed by atoms with van der Waals surface area (Å²) >= 11 is 0. The molecule has 3 saturated carbocycles. The topological polar surface area (TPSA) is 0 Å². The van der Waals surface area contributed by atoms with Crippen LogP contribution in [0.5, 0.6) is 0 Å². The summed E-state index contributed by atoms with van der Waals surface area (Å²) < 4.78 is 0. The Labute approximate surface area is 94.8 Å². The summed E-state index contributed by atoms with van der Waals surface area (Å²) in [4.78, 5) is 0. The number of hydrogen-bond donors (Lipinski definition) is 0. The van der Waals surface area contributed by atoms with Gasteiger partial charge in [-0.25, -0.2) is 0 Å².